The maximum atomic E-state index is 13.1. The van der Waals surface area contributed by atoms with Gasteiger partial charge in [-0.15, -0.1) is 0 Å². The van der Waals surface area contributed by atoms with Gasteiger partial charge in [0.05, 0.1) is 13.2 Å². The van der Waals surface area contributed by atoms with Gasteiger partial charge in [-0.05, 0) is 48.9 Å². The fraction of sp³-hybridized carbons (Fsp3) is 0.227. The Morgan fingerprint density at radius 1 is 1.07 bits per heavy atom. The molecule has 0 fully saturated rings. The molecular weight excluding hydrogens is 361 g/mol. The quantitative estimate of drug-likeness (QED) is 0.586. The molecule has 0 aliphatic carbocycles. The number of benzene rings is 2. The smallest absolute Gasteiger partial charge is 0.289 e. The molecule has 1 heterocycles. The van der Waals surface area contributed by atoms with Crippen LogP contribution in [0.3, 0.4) is 0 Å². The summed E-state index contributed by atoms with van der Waals surface area (Å²) in [6.07, 6.45) is 0. The van der Waals surface area contributed by atoms with Gasteiger partial charge in [-0.1, -0.05) is 24.3 Å². The van der Waals surface area contributed by atoms with Gasteiger partial charge in [-0.3, -0.25) is 4.79 Å². The number of para-hydroxylation sites is 2. The summed E-state index contributed by atoms with van der Waals surface area (Å²) < 4.78 is 29.7. The van der Waals surface area contributed by atoms with Crippen molar-refractivity contribution >= 4 is 5.91 Å². The molecule has 3 rings (SSSR count). The van der Waals surface area contributed by atoms with Crippen LogP contribution in [0, 0.1) is 5.82 Å². The monoisotopic (exact) mass is 383 g/mol. The molecular formula is C22H22FNO4. The SMILES string of the molecule is COc1ccccc1OCc1ccc(C(=O)N(C)C(C)c2ccc(F)cc2)o1. The van der Waals surface area contributed by atoms with E-state index in [1.54, 1.807) is 55.5 Å². The first-order valence-corrected chi connectivity index (χ1v) is 8.86. The average Bonchev–Trinajstić information content (AvgIpc) is 3.20. The third-order valence-corrected chi connectivity index (χ3v) is 4.57. The molecule has 146 valence electrons. The lowest BCUT2D eigenvalue weighted by molar-refractivity contribution is 0.0706. The van der Waals surface area contributed by atoms with Crippen LogP contribution in [0.25, 0.3) is 0 Å². The molecule has 28 heavy (non-hydrogen) atoms. The van der Waals surface area contributed by atoms with E-state index in [0.29, 0.717) is 17.3 Å². The second kappa shape index (κ2) is 8.61. The van der Waals surface area contributed by atoms with Gasteiger partial charge in [-0.2, -0.15) is 0 Å². The Balaban J connectivity index is 1.65. The Bertz CT molecular complexity index is 936. The van der Waals surface area contributed by atoms with Crippen molar-refractivity contribution in [2.75, 3.05) is 14.2 Å². The van der Waals surface area contributed by atoms with Crippen LogP contribution in [0.2, 0.25) is 0 Å². The second-order valence-electron chi connectivity index (χ2n) is 6.35. The minimum absolute atomic E-state index is 0.172. The fourth-order valence-electron chi connectivity index (χ4n) is 2.77. The maximum Gasteiger partial charge on any atom is 0.289 e. The molecule has 0 radical (unpaired) electrons. The summed E-state index contributed by atoms with van der Waals surface area (Å²) in [5.41, 5.74) is 0.837. The van der Waals surface area contributed by atoms with E-state index < -0.39 is 0 Å². The van der Waals surface area contributed by atoms with Gasteiger partial charge < -0.3 is 18.8 Å². The van der Waals surface area contributed by atoms with Crippen molar-refractivity contribution in [3.05, 3.63) is 83.6 Å². The molecule has 0 saturated heterocycles. The van der Waals surface area contributed by atoms with Gasteiger partial charge in [0.2, 0.25) is 0 Å². The van der Waals surface area contributed by atoms with Crippen molar-refractivity contribution in [1.29, 1.82) is 0 Å². The van der Waals surface area contributed by atoms with Gasteiger partial charge in [0.25, 0.3) is 5.91 Å². The largest absolute Gasteiger partial charge is 0.493 e. The Labute approximate surface area is 163 Å². The summed E-state index contributed by atoms with van der Waals surface area (Å²) >= 11 is 0. The molecule has 1 unspecified atom stereocenters. The molecule has 0 saturated carbocycles. The van der Waals surface area contributed by atoms with Crippen LogP contribution < -0.4 is 9.47 Å². The molecule has 0 spiro atoms. The van der Waals surface area contributed by atoms with Gasteiger partial charge in [-0.25, -0.2) is 4.39 Å². The molecule has 3 aromatic rings. The summed E-state index contributed by atoms with van der Waals surface area (Å²) in [5.74, 6) is 1.39. The summed E-state index contributed by atoms with van der Waals surface area (Å²) in [6.45, 7) is 2.05. The number of rotatable bonds is 7. The molecule has 0 bridgehead atoms. The van der Waals surface area contributed by atoms with E-state index in [0.717, 1.165) is 5.56 Å². The Morgan fingerprint density at radius 2 is 1.75 bits per heavy atom. The van der Waals surface area contributed by atoms with Crippen LogP contribution in [-0.2, 0) is 6.61 Å². The van der Waals surface area contributed by atoms with E-state index in [9.17, 15) is 9.18 Å². The number of ether oxygens (including phenoxy) is 2. The first-order chi connectivity index (χ1) is 13.5. The number of carbonyl (C=O) groups is 1. The van der Waals surface area contributed by atoms with Crippen LogP contribution in [0.15, 0.2) is 65.1 Å². The van der Waals surface area contributed by atoms with Gasteiger partial charge in [0.15, 0.2) is 17.3 Å². The molecule has 2 aromatic carbocycles. The molecule has 1 aromatic heterocycles. The van der Waals surface area contributed by atoms with E-state index in [4.69, 9.17) is 13.9 Å². The van der Waals surface area contributed by atoms with Crippen LogP contribution in [0.5, 0.6) is 11.5 Å². The first kappa shape index (κ1) is 19.5. The summed E-state index contributed by atoms with van der Waals surface area (Å²) in [5, 5.41) is 0. The summed E-state index contributed by atoms with van der Waals surface area (Å²) in [7, 11) is 3.26. The number of hydrogen-bond donors (Lipinski definition) is 0. The highest BCUT2D eigenvalue weighted by Gasteiger charge is 2.22. The highest BCUT2D eigenvalue weighted by molar-refractivity contribution is 5.91. The second-order valence-corrected chi connectivity index (χ2v) is 6.35. The standard InChI is InChI=1S/C22H22FNO4/c1-15(16-8-10-17(23)11-9-16)24(2)22(25)21-13-12-18(28-21)14-27-20-7-5-4-6-19(20)26-3/h4-13,15H,14H2,1-3H3. The molecule has 1 atom stereocenters. The molecule has 0 N–H and O–H groups in total. The third-order valence-electron chi connectivity index (χ3n) is 4.57. The predicted molar refractivity (Wildman–Crippen MR) is 103 cm³/mol. The zero-order chi connectivity index (χ0) is 20.1. The van der Waals surface area contributed by atoms with Crippen LogP contribution >= 0.6 is 0 Å². The van der Waals surface area contributed by atoms with Crippen molar-refractivity contribution in [2.24, 2.45) is 0 Å². The third kappa shape index (κ3) is 4.34. The van der Waals surface area contributed by atoms with E-state index in [2.05, 4.69) is 0 Å². The molecule has 0 aliphatic rings. The summed E-state index contributed by atoms with van der Waals surface area (Å²) in [6, 6.07) is 16.5. The van der Waals surface area contributed by atoms with Crippen molar-refractivity contribution in [3.63, 3.8) is 0 Å². The fourth-order valence-corrected chi connectivity index (χ4v) is 2.77. The number of amides is 1. The highest BCUT2D eigenvalue weighted by atomic mass is 19.1. The molecule has 1 amide bonds. The van der Waals surface area contributed by atoms with Crippen LogP contribution in [-0.4, -0.2) is 25.0 Å². The van der Waals surface area contributed by atoms with E-state index >= 15 is 0 Å². The lowest BCUT2D eigenvalue weighted by atomic mass is 10.1. The normalized spacial score (nSPS) is 11.7. The van der Waals surface area contributed by atoms with Crippen molar-refractivity contribution < 1.29 is 23.1 Å². The Morgan fingerprint density at radius 3 is 2.43 bits per heavy atom. The number of carbonyl (C=O) groups excluding carboxylic acids is 1. The number of methoxy groups -OCH3 is 1. The van der Waals surface area contributed by atoms with Gasteiger partial charge >= 0.3 is 0 Å². The van der Waals surface area contributed by atoms with Crippen molar-refractivity contribution in [3.8, 4) is 11.5 Å². The van der Waals surface area contributed by atoms with Crippen LogP contribution in [0.1, 0.15) is 34.8 Å². The van der Waals surface area contributed by atoms with Crippen molar-refractivity contribution in [1.82, 2.24) is 4.90 Å². The number of halogens is 1. The number of furan rings is 1. The molecule has 5 nitrogen and oxygen atoms in total. The zero-order valence-electron chi connectivity index (χ0n) is 16.0. The lowest BCUT2D eigenvalue weighted by Crippen LogP contribution is -2.29. The number of hydrogen-bond acceptors (Lipinski definition) is 4. The Hall–Kier alpha value is -3.28. The first-order valence-electron chi connectivity index (χ1n) is 8.86. The van der Waals surface area contributed by atoms with Crippen molar-refractivity contribution in [2.45, 2.75) is 19.6 Å². The topological polar surface area (TPSA) is 51.9 Å². The number of nitrogens with zero attached hydrogens (tertiary/aromatic N) is 1. The molecule has 0 aliphatic heterocycles. The van der Waals surface area contributed by atoms with Gasteiger partial charge in [0, 0.05) is 7.05 Å². The van der Waals surface area contributed by atoms with E-state index in [1.807, 2.05) is 19.1 Å². The Kier molecular flexibility index (Phi) is 5.99. The average molecular weight is 383 g/mol. The van der Waals surface area contributed by atoms with E-state index in [-0.39, 0.29) is 30.1 Å². The minimum Gasteiger partial charge on any atom is -0.493 e. The minimum atomic E-state index is -0.310. The molecule has 6 heteroatoms. The lowest BCUT2D eigenvalue weighted by Gasteiger charge is -2.24. The van der Waals surface area contributed by atoms with Crippen LogP contribution in [0.4, 0.5) is 4.39 Å². The zero-order valence-corrected chi connectivity index (χ0v) is 16.0. The predicted octanol–water partition coefficient (Wildman–Crippen LogP) is 4.84. The van der Waals surface area contributed by atoms with E-state index in [1.165, 1.54) is 12.1 Å². The summed E-state index contributed by atoms with van der Waals surface area (Å²) in [4.78, 5) is 14.3. The maximum absolute atomic E-state index is 13.1. The highest BCUT2D eigenvalue weighted by Crippen LogP contribution is 2.27. The van der Waals surface area contributed by atoms with Gasteiger partial charge in [0.1, 0.15) is 18.2 Å².